The molecule has 42 heavy (non-hydrogen) atoms. The van der Waals surface area contributed by atoms with Crippen molar-refractivity contribution in [1.82, 2.24) is 0 Å². The van der Waals surface area contributed by atoms with Gasteiger partial charge in [-0.05, 0) is 122 Å². The molecule has 0 aliphatic heterocycles. The zero-order valence-electron chi connectivity index (χ0n) is 24.8. The van der Waals surface area contributed by atoms with Crippen LogP contribution in [-0.4, -0.2) is 0 Å². The van der Waals surface area contributed by atoms with Gasteiger partial charge >= 0.3 is 0 Å². The summed E-state index contributed by atoms with van der Waals surface area (Å²) in [5, 5.41) is 0. The lowest BCUT2D eigenvalue weighted by Gasteiger charge is -2.30. The van der Waals surface area contributed by atoms with Crippen LogP contribution in [0.1, 0.15) is 22.3 Å². The van der Waals surface area contributed by atoms with Crippen LogP contribution in [0.2, 0.25) is 0 Å². The van der Waals surface area contributed by atoms with Gasteiger partial charge in [0.25, 0.3) is 0 Å². The van der Waals surface area contributed by atoms with Gasteiger partial charge in [0.2, 0.25) is 0 Å². The maximum absolute atomic E-state index is 2.38. The molecule has 0 saturated carbocycles. The molecule has 206 valence electrons. The Labute approximate surface area is 250 Å². The second kappa shape index (κ2) is 11.8. The van der Waals surface area contributed by atoms with E-state index in [4.69, 9.17) is 0 Å². The van der Waals surface area contributed by atoms with Crippen LogP contribution in [0.5, 0.6) is 0 Å². The van der Waals surface area contributed by atoms with Gasteiger partial charge in [0.1, 0.15) is 0 Å². The van der Waals surface area contributed by atoms with Crippen molar-refractivity contribution in [3.63, 3.8) is 0 Å². The minimum atomic E-state index is 1.14. The van der Waals surface area contributed by atoms with Gasteiger partial charge in [0.05, 0.1) is 5.69 Å². The topological polar surface area (TPSA) is 6.48 Å². The Bertz CT molecular complexity index is 1820. The lowest BCUT2D eigenvalue weighted by molar-refractivity contribution is 1.25. The molecule has 0 N–H and O–H groups in total. The van der Waals surface area contributed by atoms with Gasteiger partial charge in [-0.2, -0.15) is 0 Å². The molecule has 0 saturated heterocycles. The van der Waals surface area contributed by atoms with Crippen LogP contribution in [0.3, 0.4) is 0 Å². The second-order valence-electron chi connectivity index (χ2n) is 11.0. The molecule has 0 aliphatic rings. The monoisotopic (exact) mass is 544 g/mol. The summed E-state index contributed by atoms with van der Waals surface area (Å²) >= 11 is 0. The Hall–Kier alpha value is -5.08. The van der Waals surface area contributed by atoms with Crippen molar-refractivity contribution in [3.05, 3.63) is 168 Å². The molecule has 2 heteroatoms. The first-order chi connectivity index (χ1) is 20.5. The predicted octanol–water partition coefficient (Wildman–Crippen LogP) is 11.5. The van der Waals surface area contributed by atoms with Crippen molar-refractivity contribution in [2.75, 3.05) is 9.80 Å². The Morgan fingerprint density at radius 1 is 0.357 bits per heavy atom. The van der Waals surface area contributed by atoms with E-state index in [0.717, 1.165) is 28.4 Å². The maximum Gasteiger partial charge on any atom is 0.0542 e. The van der Waals surface area contributed by atoms with E-state index in [-0.39, 0.29) is 0 Å². The minimum Gasteiger partial charge on any atom is -0.310 e. The standard InChI is InChI=1S/C40H36N2/c1-29-14-11-21-35(26-29)41(33-17-7-5-8-18-33)37-24-25-38(32(4)28-37)40-31(3)16-13-23-39(40)42(34-19-9-6-10-20-34)36-22-12-15-30(2)27-36/h5-28H,1-4H3. The summed E-state index contributed by atoms with van der Waals surface area (Å²) < 4.78 is 0. The van der Waals surface area contributed by atoms with Crippen LogP contribution in [0.4, 0.5) is 34.1 Å². The Balaban J connectivity index is 1.51. The zero-order chi connectivity index (χ0) is 29.1. The SMILES string of the molecule is Cc1cccc(N(c2ccccc2)c2ccc(-c3c(C)cccc3N(c3ccccc3)c3cccc(C)c3)c(C)c2)c1. The van der Waals surface area contributed by atoms with E-state index in [0.29, 0.717) is 0 Å². The highest BCUT2D eigenvalue weighted by atomic mass is 15.1. The van der Waals surface area contributed by atoms with Gasteiger partial charge in [-0.1, -0.05) is 78.9 Å². The summed E-state index contributed by atoms with van der Waals surface area (Å²) in [5.74, 6) is 0. The third-order valence-corrected chi connectivity index (χ3v) is 7.78. The molecule has 0 amide bonds. The maximum atomic E-state index is 2.38. The number of benzene rings is 6. The van der Waals surface area contributed by atoms with Gasteiger partial charge < -0.3 is 9.80 Å². The van der Waals surface area contributed by atoms with Crippen molar-refractivity contribution in [2.45, 2.75) is 27.7 Å². The molecule has 0 unspecified atom stereocenters. The number of anilines is 6. The molecule has 0 aliphatic carbocycles. The summed E-state index contributed by atoms with van der Waals surface area (Å²) in [6.45, 7) is 8.75. The number of hydrogen-bond acceptors (Lipinski definition) is 2. The normalized spacial score (nSPS) is 10.9. The van der Waals surface area contributed by atoms with E-state index in [2.05, 4.69) is 183 Å². The van der Waals surface area contributed by atoms with Crippen LogP contribution in [0, 0.1) is 27.7 Å². The molecule has 2 nitrogen and oxygen atoms in total. The highest BCUT2D eigenvalue weighted by Gasteiger charge is 2.21. The van der Waals surface area contributed by atoms with Crippen molar-refractivity contribution < 1.29 is 0 Å². The average Bonchev–Trinajstić information content (AvgIpc) is 2.99. The third-order valence-electron chi connectivity index (χ3n) is 7.78. The predicted molar refractivity (Wildman–Crippen MR) is 180 cm³/mol. The minimum absolute atomic E-state index is 1.14. The van der Waals surface area contributed by atoms with E-state index in [9.17, 15) is 0 Å². The van der Waals surface area contributed by atoms with Gasteiger partial charge in [-0.15, -0.1) is 0 Å². The molecule has 0 fully saturated rings. The third kappa shape index (κ3) is 5.44. The molecule has 6 rings (SSSR count). The van der Waals surface area contributed by atoms with Crippen LogP contribution in [0.15, 0.2) is 146 Å². The van der Waals surface area contributed by atoms with Crippen LogP contribution < -0.4 is 9.80 Å². The fourth-order valence-electron chi connectivity index (χ4n) is 5.82. The van der Waals surface area contributed by atoms with Crippen molar-refractivity contribution in [2.24, 2.45) is 0 Å². The molecule has 0 heterocycles. The summed E-state index contributed by atoms with van der Waals surface area (Å²) in [7, 11) is 0. The largest absolute Gasteiger partial charge is 0.310 e. The molecular weight excluding hydrogens is 508 g/mol. The van der Waals surface area contributed by atoms with Crippen LogP contribution in [-0.2, 0) is 0 Å². The smallest absolute Gasteiger partial charge is 0.0542 e. The number of nitrogens with zero attached hydrogens (tertiary/aromatic N) is 2. The van der Waals surface area contributed by atoms with Crippen LogP contribution in [0.25, 0.3) is 11.1 Å². The van der Waals surface area contributed by atoms with E-state index in [1.165, 1.54) is 39.1 Å². The fourth-order valence-corrected chi connectivity index (χ4v) is 5.82. The zero-order valence-corrected chi connectivity index (χ0v) is 24.8. The van der Waals surface area contributed by atoms with Crippen molar-refractivity contribution in [1.29, 1.82) is 0 Å². The molecule has 0 atom stereocenters. The molecule has 0 aromatic heterocycles. The Morgan fingerprint density at radius 2 is 0.857 bits per heavy atom. The molecule has 0 spiro atoms. The quantitative estimate of drug-likeness (QED) is 0.197. The summed E-state index contributed by atoms with van der Waals surface area (Å²) in [6.07, 6.45) is 0. The molecule has 0 bridgehead atoms. The second-order valence-corrected chi connectivity index (χ2v) is 11.0. The van der Waals surface area contributed by atoms with E-state index in [1.807, 2.05) is 0 Å². The molecule has 6 aromatic carbocycles. The first kappa shape index (κ1) is 27.1. The van der Waals surface area contributed by atoms with E-state index in [1.54, 1.807) is 0 Å². The van der Waals surface area contributed by atoms with E-state index < -0.39 is 0 Å². The Kier molecular flexibility index (Phi) is 7.62. The van der Waals surface area contributed by atoms with E-state index >= 15 is 0 Å². The lowest BCUT2D eigenvalue weighted by atomic mass is 9.93. The lowest BCUT2D eigenvalue weighted by Crippen LogP contribution is -2.12. The van der Waals surface area contributed by atoms with Gasteiger partial charge in [-0.3, -0.25) is 0 Å². The molecule has 0 radical (unpaired) electrons. The highest BCUT2D eigenvalue weighted by molar-refractivity contribution is 5.91. The van der Waals surface area contributed by atoms with Crippen molar-refractivity contribution in [3.8, 4) is 11.1 Å². The summed E-state index contributed by atoms with van der Waals surface area (Å²) in [6, 6.07) is 52.2. The highest BCUT2D eigenvalue weighted by Crippen LogP contribution is 2.44. The number of rotatable bonds is 7. The van der Waals surface area contributed by atoms with Crippen molar-refractivity contribution >= 4 is 34.1 Å². The van der Waals surface area contributed by atoms with Gasteiger partial charge in [0, 0.05) is 34.0 Å². The van der Waals surface area contributed by atoms with Gasteiger partial charge in [-0.25, -0.2) is 0 Å². The average molecular weight is 545 g/mol. The number of hydrogen-bond donors (Lipinski definition) is 0. The summed E-state index contributed by atoms with van der Waals surface area (Å²) in [5.41, 5.74) is 14.3. The summed E-state index contributed by atoms with van der Waals surface area (Å²) in [4.78, 5) is 4.72. The molecular formula is C40H36N2. The fraction of sp³-hybridized carbons (Fsp3) is 0.100. The number of para-hydroxylation sites is 2. The molecule has 6 aromatic rings. The van der Waals surface area contributed by atoms with Gasteiger partial charge in [0.15, 0.2) is 0 Å². The Morgan fingerprint density at radius 3 is 1.43 bits per heavy atom. The van der Waals surface area contributed by atoms with Crippen LogP contribution >= 0.6 is 0 Å². The first-order valence-electron chi connectivity index (χ1n) is 14.5. The number of aryl methyl sites for hydroxylation is 4. The first-order valence-corrected chi connectivity index (χ1v) is 14.5.